The van der Waals surface area contributed by atoms with Gasteiger partial charge in [0.05, 0.1) is 0 Å². The quantitative estimate of drug-likeness (QED) is 0.133. The van der Waals surface area contributed by atoms with Crippen LogP contribution in [0.25, 0.3) is 21.5 Å². The molecule has 0 heterocycles. The fourth-order valence-electron chi connectivity index (χ4n) is 5.17. The molecule has 0 aliphatic carbocycles. The summed E-state index contributed by atoms with van der Waals surface area (Å²) < 4.78 is 1.24. The van der Waals surface area contributed by atoms with Crippen LogP contribution in [0.2, 0.25) is 0 Å². The fraction of sp³-hybridized carbons (Fsp3) is 0.486. The molecule has 0 saturated carbocycles. The summed E-state index contributed by atoms with van der Waals surface area (Å²) >= 11 is -1.84. The van der Waals surface area contributed by atoms with Crippen LogP contribution in [0.4, 0.5) is 0 Å². The number of fused-ring (bicyclic) bond motifs is 2. The van der Waals surface area contributed by atoms with Crippen molar-refractivity contribution in [2.75, 3.05) is 0 Å². The van der Waals surface area contributed by atoms with Crippen LogP contribution in [-0.2, 0) is 44.6 Å². The molecule has 0 fully saturated rings. The van der Waals surface area contributed by atoms with E-state index < -0.39 is 18.9 Å². The molecule has 0 spiro atoms. The second-order valence-corrected chi connectivity index (χ2v) is 20.5. The minimum absolute atomic E-state index is 1.24. The summed E-state index contributed by atoms with van der Waals surface area (Å²) in [6.45, 7) is 13.1. The zero-order chi connectivity index (χ0) is 29.3. The van der Waals surface area contributed by atoms with Crippen molar-refractivity contribution in [2.45, 2.75) is 119 Å². The number of unbranched alkanes of at least 4 members (excludes halogenated alkanes) is 4. The molecular weight excluding hydrogens is 607 g/mol. The van der Waals surface area contributed by atoms with Crippen LogP contribution >= 0.6 is 17.0 Å². The molecule has 0 bridgehead atoms. The number of rotatable bonds is 12. The van der Waals surface area contributed by atoms with Gasteiger partial charge in [-0.2, -0.15) is 11.1 Å². The van der Waals surface area contributed by atoms with Gasteiger partial charge in [-0.3, -0.25) is 0 Å². The molecule has 0 nitrogen and oxygen atoms in total. The third-order valence-corrected chi connectivity index (χ3v) is 13.9. The molecule has 0 unspecified atom stereocenters. The summed E-state index contributed by atoms with van der Waals surface area (Å²) in [4.78, 5) is 0. The van der Waals surface area contributed by atoms with Crippen LogP contribution in [0.3, 0.4) is 0 Å². The van der Waals surface area contributed by atoms with E-state index in [9.17, 15) is 0 Å². The SMILES string of the molecule is CCCCc1[cH-]c2ccccc2c1CCCC.CCCCc1[cH-]c2ccccc2c1CCCC.C[C](C)=[Zr]([Cl])[Cl]. The molecule has 0 aliphatic rings. The zero-order valence-electron chi connectivity index (χ0n) is 26.0. The van der Waals surface area contributed by atoms with Crippen molar-refractivity contribution in [3.63, 3.8) is 0 Å². The summed E-state index contributed by atoms with van der Waals surface area (Å²) in [5.41, 5.74) is 6.44. The molecule has 0 aliphatic heterocycles. The Morgan fingerprint density at radius 3 is 1.23 bits per heavy atom. The monoisotopic (exact) mass is 656 g/mol. The molecular formula is C37H52Cl2Zr-2. The number of hydrogen-bond donors (Lipinski definition) is 0. The number of benzene rings is 2. The van der Waals surface area contributed by atoms with Crippen LogP contribution < -0.4 is 0 Å². The topological polar surface area (TPSA) is 0 Å². The molecule has 0 N–H and O–H groups in total. The Labute approximate surface area is 260 Å². The van der Waals surface area contributed by atoms with Crippen molar-refractivity contribution >= 4 is 41.8 Å². The molecule has 0 amide bonds. The molecule has 3 heteroatoms. The van der Waals surface area contributed by atoms with Gasteiger partial charge in [0.2, 0.25) is 0 Å². The molecule has 40 heavy (non-hydrogen) atoms. The van der Waals surface area contributed by atoms with E-state index in [0.29, 0.717) is 0 Å². The average molecular weight is 659 g/mol. The molecule has 0 aromatic heterocycles. The summed E-state index contributed by atoms with van der Waals surface area (Å²) in [6, 6.07) is 22.5. The van der Waals surface area contributed by atoms with Gasteiger partial charge < -0.3 is 0 Å². The van der Waals surface area contributed by atoms with Crippen molar-refractivity contribution in [3.05, 3.63) is 82.9 Å². The van der Waals surface area contributed by atoms with Gasteiger partial charge in [0, 0.05) is 0 Å². The van der Waals surface area contributed by atoms with E-state index in [1.165, 1.54) is 102 Å². The number of hydrogen-bond acceptors (Lipinski definition) is 0. The van der Waals surface area contributed by atoms with Crippen LogP contribution in [0, 0.1) is 0 Å². The zero-order valence-corrected chi connectivity index (χ0v) is 30.0. The third kappa shape index (κ3) is 11.3. The third-order valence-electron chi connectivity index (χ3n) is 7.54. The Morgan fingerprint density at radius 1 is 0.575 bits per heavy atom. The number of halogens is 2. The van der Waals surface area contributed by atoms with E-state index in [4.69, 9.17) is 17.0 Å². The first-order valence-electron chi connectivity index (χ1n) is 15.7. The molecule has 0 radical (unpaired) electrons. The van der Waals surface area contributed by atoms with Crippen LogP contribution in [0.15, 0.2) is 60.7 Å². The van der Waals surface area contributed by atoms with Crippen molar-refractivity contribution < 1.29 is 18.9 Å². The van der Waals surface area contributed by atoms with Gasteiger partial charge in [-0.25, -0.2) is 0 Å². The van der Waals surface area contributed by atoms with E-state index in [0.717, 1.165) is 0 Å². The number of aryl methyl sites for hydroxylation is 4. The standard InChI is InChI=1S/2C17H23.C3H6.2ClH.Zr/c2*1-3-5-9-14-13-15-10-7-8-12-17(15)16(14)11-6-4-2;1-3-2;;;/h2*7-8,10,12-13H,3-6,9,11H2,1-2H3;1-2H3;2*1H;/q2*-1;;;;+2/p-2. The van der Waals surface area contributed by atoms with Crippen molar-refractivity contribution in [1.29, 1.82) is 0 Å². The molecule has 4 aromatic rings. The van der Waals surface area contributed by atoms with Gasteiger partial charge in [0.1, 0.15) is 0 Å². The van der Waals surface area contributed by atoms with Crippen molar-refractivity contribution in [1.82, 2.24) is 0 Å². The molecule has 220 valence electrons. The Balaban J connectivity index is 0.000000234. The average Bonchev–Trinajstić information content (AvgIpc) is 3.50. The summed E-state index contributed by atoms with van der Waals surface area (Å²) in [5, 5.41) is 5.86. The van der Waals surface area contributed by atoms with E-state index >= 15 is 0 Å². The van der Waals surface area contributed by atoms with Gasteiger partial charge in [0.25, 0.3) is 0 Å². The minimum atomic E-state index is -1.84. The summed E-state index contributed by atoms with van der Waals surface area (Å²) in [7, 11) is 11.1. The van der Waals surface area contributed by atoms with E-state index in [1.807, 2.05) is 13.8 Å². The van der Waals surface area contributed by atoms with E-state index in [1.54, 1.807) is 22.3 Å². The van der Waals surface area contributed by atoms with Crippen LogP contribution in [0.5, 0.6) is 0 Å². The van der Waals surface area contributed by atoms with Crippen LogP contribution in [-0.4, -0.2) is 3.21 Å². The van der Waals surface area contributed by atoms with Gasteiger partial charge in [0.15, 0.2) is 0 Å². The van der Waals surface area contributed by atoms with E-state index in [2.05, 4.69) is 88.4 Å². The van der Waals surface area contributed by atoms with Crippen LogP contribution in [0.1, 0.15) is 115 Å². The Morgan fingerprint density at radius 2 is 0.900 bits per heavy atom. The second kappa shape index (κ2) is 20.0. The van der Waals surface area contributed by atoms with Crippen molar-refractivity contribution in [2.24, 2.45) is 0 Å². The first-order valence-corrected chi connectivity index (χ1v) is 23.2. The van der Waals surface area contributed by atoms with Gasteiger partial charge >= 0.3 is 53.0 Å². The van der Waals surface area contributed by atoms with E-state index in [-0.39, 0.29) is 0 Å². The first kappa shape index (κ1) is 35.2. The molecule has 4 rings (SSSR count). The fourth-order valence-corrected chi connectivity index (χ4v) is 5.17. The Kier molecular flexibility index (Phi) is 17.6. The van der Waals surface area contributed by atoms with Gasteiger partial charge in [-0.15, -0.1) is 81.2 Å². The summed E-state index contributed by atoms with van der Waals surface area (Å²) in [6.07, 6.45) is 15.4. The molecule has 0 saturated heterocycles. The first-order chi connectivity index (χ1) is 19.4. The molecule has 4 aromatic carbocycles. The maximum absolute atomic E-state index is 5.54. The summed E-state index contributed by atoms with van der Waals surface area (Å²) in [5.74, 6) is 0. The predicted octanol–water partition coefficient (Wildman–Crippen LogP) is 12.6. The van der Waals surface area contributed by atoms with Crippen molar-refractivity contribution in [3.8, 4) is 0 Å². The maximum atomic E-state index is 5.54. The normalized spacial score (nSPS) is 10.7. The Hall–Kier alpha value is -1.01. The second-order valence-electron chi connectivity index (χ2n) is 11.1. The van der Waals surface area contributed by atoms with Gasteiger partial charge in [-0.1, -0.05) is 104 Å². The van der Waals surface area contributed by atoms with Gasteiger partial charge in [-0.05, 0) is 12.8 Å². The Bertz CT molecular complexity index is 1180. The predicted molar refractivity (Wildman–Crippen MR) is 182 cm³/mol. The molecule has 0 atom stereocenters.